The molecule has 3 nitrogen and oxygen atoms in total. The minimum Gasteiger partial charge on any atom is -0.494 e. The summed E-state index contributed by atoms with van der Waals surface area (Å²) >= 11 is 0. The lowest BCUT2D eigenvalue weighted by molar-refractivity contribution is 0.204. The third kappa shape index (κ3) is 4.23. The Labute approximate surface area is 135 Å². The fourth-order valence-electron chi connectivity index (χ4n) is 3.61. The Balaban J connectivity index is 1.43. The van der Waals surface area contributed by atoms with E-state index in [1.807, 2.05) is 0 Å². The van der Waals surface area contributed by atoms with Crippen molar-refractivity contribution in [1.82, 2.24) is 9.80 Å². The SMILES string of the molecule is CCN1CCc2cc(OCCCN3CCCCC3)ccc2C1. The van der Waals surface area contributed by atoms with Gasteiger partial charge in [-0.1, -0.05) is 19.4 Å². The highest BCUT2D eigenvalue weighted by Crippen LogP contribution is 2.23. The third-order valence-electron chi connectivity index (χ3n) is 5.05. The summed E-state index contributed by atoms with van der Waals surface area (Å²) in [4.78, 5) is 5.08. The number of hydrogen-bond donors (Lipinski definition) is 0. The van der Waals surface area contributed by atoms with Gasteiger partial charge in [0.25, 0.3) is 0 Å². The lowest BCUT2D eigenvalue weighted by Gasteiger charge is -2.28. The molecule has 0 aromatic heterocycles. The summed E-state index contributed by atoms with van der Waals surface area (Å²) in [5, 5.41) is 0. The minimum absolute atomic E-state index is 0.844. The Kier molecular flexibility index (Phi) is 5.74. The van der Waals surface area contributed by atoms with Gasteiger partial charge in [0, 0.05) is 19.6 Å². The van der Waals surface area contributed by atoms with Crippen molar-refractivity contribution in [2.45, 2.75) is 45.6 Å². The number of rotatable bonds is 6. The van der Waals surface area contributed by atoms with Crippen molar-refractivity contribution in [3.8, 4) is 5.75 Å². The lowest BCUT2D eigenvalue weighted by atomic mass is 9.99. The summed E-state index contributed by atoms with van der Waals surface area (Å²) in [5.74, 6) is 1.06. The van der Waals surface area contributed by atoms with Crippen molar-refractivity contribution in [1.29, 1.82) is 0 Å². The highest BCUT2D eigenvalue weighted by atomic mass is 16.5. The van der Waals surface area contributed by atoms with Crippen molar-refractivity contribution in [2.75, 3.05) is 39.3 Å². The second kappa shape index (κ2) is 7.98. The molecule has 2 heterocycles. The van der Waals surface area contributed by atoms with E-state index in [2.05, 4.69) is 34.9 Å². The van der Waals surface area contributed by atoms with Gasteiger partial charge in [0.05, 0.1) is 6.61 Å². The number of hydrogen-bond acceptors (Lipinski definition) is 3. The molecule has 1 fully saturated rings. The van der Waals surface area contributed by atoms with E-state index in [0.29, 0.717) is 0 Å². The van der Waals surface area contributed by atoms with E-state index in [9.17, 15) is 0 Å². The molecular weight excluding hydrogens is 272 g/mol. The third-order valence-corrected chi connectivity index (χ3v) is 5.05. The topological polar surface area (TPSA) is 15.7 Å². The molecule has 0 N–H and O–H groups in total. The van der Waals surface area contributed by atoms with Gasteiger partial charge in [-0.25, -0.2) is 0 Å². The van der Waals surface area contributed by atoms with Crippen LogP contribution in [0.2, 0.25) is 0 Å². The number of nitrogens with zero attached hydrogens (tertiary/aromatic N) is 2. The summed E-state index contributed by atoms with van der Waals surface area (Å²) in [6, 6.07) is 6.68. The van der Waals surface area contributed by atoms with Crippen LogP contribution < -0.4 is 4.74 Å². The van der Waals surface area contributed by atoms with E-state index < -0.39 is 0 Å². The lowest BCUT2D eigenvalue weighted by Crippen LogP contribution is -2.31. The van der Waals surface area contributed by atoms with E-state index in [-0.39, 0.29) is 0 Å². The molecule has 22 heavy (non-hydrogen) atoms. The van der Waals surface area contributed by atoms with Gasteiger partial charge < -0.3 is 9.64 Å². The molecule has 0 amide bonds. The quantitative estimate of drug-likeness (QED) is 0.750. The first-order valence-corrected chi connectivity index (χ1v) is 9.04. The van der Waals surface area contributed by atoms with Gasteiger partial charge in [-0.3, -0.25) is 4.90 Å². The van der Waals surface area contributed by atoms with Gasteiger partial charge in [-0.05, 0) is 68.6 Å². The average Bonchev–Trinajstić information content (AvgIpc) is 2.59. The predicted octanol–water partition coefficient (Wildman–Crippen LogP) is 3.32. The summed E-state index contributed by atoms with van der Waals surface area (Å²) in [6.07, 6.45) is 6.47. The highest BCUT2D eigenvalue weighted by Gasteiger charge is 2.15. The number of benzene rings is 1. The van der Waals surface area contributed by atoms with Crippen molar-refractivity contribution < 1.29 is 4.74 Å². The summed E-state index contributed by atoms with van der Waals surface area (Å²) in [5.41, 5.74) is 2.96. The van der Waals surface area contributed by atoms with E-state index in [4.69, 9.17) is 4.74 Å². The van der Waals surface area contributed by atoms with Crippen LogP contribution in [0.5, 0.6) is 5.75 Å². The van der Waals surface area contributed by atoms with Gasteiger partial charge >= 0.3 is 0 Å². The van der Waals surface area contributed by atoms with Gasteiger partial charge in [0.1, 0.15) is 5.75 Å². The molecule has 0 unspecified atom stereocenters. The van der Waals surface area contributed by atoms with Crippen LogP contribution in [0, 0.1) is 0 Å². The van der Waals surface area contributed by atoms with Crippen molar-refractivity contribution in [3.63, 3.8) is 0 Å². The molecule has 1 saturated heterocycles. The summed E-state index contributed by atoms with van der Waals surface area (Å²) in [6.45, 7) is 10.3. The first kappa shape index (κ1) is 15.8. The molecular formula is C19H30N2O. The zero-order chi connectivity index (χ0) is 15.2. The molecule has 3 rings (SSSR count). The number of piperidine rings is 1. The largest absolute Gasteiger partial charge is 0.494 e. The molecule has 0 spiro atoms. The molecule has 0 aliphatic carbocycles. The molecule has 122 valence electrons. The van der Waals surface area contributed by atoms with Gasteiger partial charge in [-0.2, -0.15) is 0 Å². The maximum absolute atomic E-state index is 5.98. The van der Waals surface area contributed by atoms with Gasteiger partial charge in [0.15, 0.2) is 0 Å². The molecule has 2 aliphatic rings. The second-order valence-electron chi connectivity index (χ2n) is 6.65. The Morgan fingerprint density at radius 3 is 2.68 bits per heavy atom. The van der Waals surface area contributed by atoms with Crippen molar-refractivity contribution in [3.05, 3.63) is 29.3 Å². The molecule has 0 atom stereocenters. The Bertz CT molecular complexity index is 469. The summed E-state index contributed by atoms with van der Waals surface area (Å²) < 4.78 is 5.98. The monoisotopic (exact) mass is 302 g/mol. The Hall–Kier alpha value is -1.06. The standard InChI is InChI=1S/C19H30N2O/c1-2-20-13-9-17-15-19(8-7-18(17)16-20)22-14-6-12-21-10-4-3-5-11-21/h7-8,15H,2-6,9-14,16H2,1H3. The van der Waals surface area contributed by atoms with E-state index >= 15 is 0 Å². The highest BCUT2D eigenvalue weighted by molar-refractivity contribution is 5.37. The van der Waals surface area contributed by atoms with Crippen LogP contribution in [0.25, 0.3) is 0 Å². The van der Waals surface area contributed by atoms with E-state index in [0.717, 1.165) is 38.3 Å². The second-order valence-corrected chi connectivity index (χ2v) is 6.65. The van der Waals surface area contributed by atoms with Crippen LogP contribution in [-0.2, 0) is 13.0 Å². The first-order chi connectivity index (χ1) is 10.8. The maximum Gasteiger partial charge on any atom is 0.119 e. The average molecular weight is 302 g/mol. The molecule has 0 saturated carbocycles. The smallest absolute Gasteiger partial charge is 0.119 e. The molecule has 1 aromatic carbocycles. The van der Waals surface area contributed by atoms with Crippen LogP contribution in [-0.4, -0.2) is 49.1 Å². The van der Waals surface area contributed by atoms with Crippen molar-refractivity contribution >= 4 is 0 Å². The predicted molar refractivity (Wildman–Crippen MR) is 91.5 cm³/mol. The maximum atomic E-state index is 5.98. The molecule has 0 bridgehead atoms. The molecule has 3 heteroatoms. The van der Waals surface area contributed by atoms with Crippen LogP contribution in [0.1, 0.15) is 43.7 Å². The Morgan fingerprint density at radius 2 is 1.86 bits per heavy atom. The number of likely N-dealkylation sites (tertiary alicyclic amines) is 1. The fourth-order valence-corrected chi connectivity index (χ4v) is 3.61. The molecule has 1 aromatic rings. The zero-order valence-electron chi connectivity index (χ0n) is 14.0. The van der Waals surface area contributed by atoms with Crippen molar-refractivity contribution in [2.24, 2.45) is 0 Å². The summed E-state index contributed by atoms with van der Waals surface area (Å²) in [7, 11) is 0. The van der Waals surface area contributed by atoms with Gasteiger partial charge in [0.2, 0.25) is 0 Å². The van der Waals surface area contributed by atoms with E-state index in [1.165, 1.54) is 56.6 Å². The number of fused-ring (bicyclic) bond motifs is 1. The van der Waals surface area contributed by atoms with Crippen LogP contribution in [0.3, 0.4) is 0 Å². The van der Waals surface area contributed by atoms with E-state index in [1.54, 1.807) is 0 Å². The Morgan fingerprint density at radius 1 is 1.00 bits per heavy atom. The zero-order valence-corrected chi connectivity index (χ0v) is 14.0. The normalized spacial score (nSPS) is 19.9. The molecule has 0 radical (unpaired) electrons. The number of ether oxygens (including phenoxy) is 1. The minimum atomic E-state index is 0.844. The van der Waals surface area contributed by atoms with Crippen LogP contribution in [0.4, 0.5) is 0 Å². The first-order valence-electron chi connectivity index (χ1n) is 9.04. The van der Waals surface area contributed by atoms with Crippen LogP contribution >= 0.6 is 0 Å². The van der Waals surface area contributed by atoms with Crippen LogP contribution in [0.15, 0.2) is 18.2 Å². The fraction of sp³-hybridized carbons (Fsp3) is 0.684. The van der Waals surface area contributed by atoms with Gasteiger partial charge in [-0.15, -0.1) is 0 Å². The number of likely N-dealkylation sites (N-methyl/N-ethyl adjacent to an activating group) is 1. The molecule has 2 aliphatic heterocycles.